The maximum atomic E-state index is 11.3. The number of rotatable bonds is 3. The van der Waals surface area contributed by atoms with Crippen molar-refractivity contribution in [2.75, 3.05) is 5.32 Å². The first kappa shape index (κ1) is 11.3. The molecule has 5 nitrogen and oxygen atoms in total. The summed E-state index contributed by atoms with van der Waals surface area (Å²) in [5.41, 5.74) is 2.83. The molecule has 2 heterocycles. The quantitative estimate of drug-likeness (QED) is 0.848. The third-order valence-electron chi connectivity index (χ3n) is 2.56. The summed E-state index contributed by atoms with van der Waals surface area (Å²) in [4.78, 5) is 15.3. The van der Waals surface area contributed by atoms with E-state index < -0.39 is 0 Å². The number of hydrogen-bond donors (Lipinski definition) is 2. The van der Waals surface area contributed by atoms with E-state index in [9.17, 15) is 4.79 Å². The number of carbonyl (C=O) groups excluding carboxylic acids is 1. The predicted octanol–water partition coefficient (Wildman–Crippen LogP) is 2.13. The number of H-pyrrole nitrogens is 1. The van der Waals surface area contributed by atoms with Crippen molar-refractivity contribution in [1.82, 2.24) is 15.2 Å². The van der Waals surface area contributed by atoms with Gasteiger partial charge >= 0.3 is 0 Å². The lowest BCUT2D eigenvalue weighted by Crippen LogP contribution is -2.10. The molecule has 1 amide bonds. The zero-order chi connectivity index (χ0) is 12.3. The van der Waals surface area contributed by atoms with Crippen molar-refractivity contribution in [2.24, 2.45) is 0 Å². The van der Waals surface area contributed by atoms with Crippen molar-refractivity contribution >= 4 is 11.7 Å². The van der Waals surface area contributed by atoms with E-state index in [1.54, 1.807) is 19.3 Å². The van der Waals surface area contributed by atoms with E-state index in [2.05, 4.69) is 20.5 Å². The molecule has 0 aromatic carbocycles. The van der Waals surface area contributed by atoms with E-state index in [-0.39, 0.29) is 5.91 Å². The van der Waals surface area contributed by atoms with E-state index in [4.69, 9.17) is 0 Å². The monoisotopic (exact) mass is 230 g/mol. The maximum absolute atomic E-state index is 11.3. The average Bonchev–Trinajstić information content (AvgIpc) is 2.72. The molecule has 0 spiro atoms. The molecule has 2 rings (SSSR count). The molecule has 0 aliphatic carbocycles. The second-order valence-corrected chi connectivity index (χ2v) is 3.71. The van der Waals surface area contributed by atoms with Crippen LogP contribution in [0, 0.1) is 6.92 Å². The first-order chi connectivity index (χ1) is 8.22. The Morgan fingerprint density at radius 1 is 1.41 bits per heavy atom. The van der Waals surface area contributed by atoms with Gasteiger partial charge in [0.15, 0.2) is 5.82 Å². The minimum absolute atomic E-state index is 0.0409. The van der Waals surface area contributed by atoms with E-state index in [0.29, 0.717) is 12.2 Å². The molecule has 2 aromatic heterocycles. The first-order valence-electron chi connectivity index (χ1n) is 5.47. The van der Waals surface area contributed by atoms with E-state index in [1.165, 1.54) is 0 Å². The van der Waals surface area contributed by atoms with E-state index in [1.807, 2.05) is 19.1 Å². The van der Waals surface area contributed by atoms with Gasteiger partial charge < -0.3 is 5.32 Å². The predicted molar refractivity (Wildman–Crippen MR) is 65.5 cm³/mol. The van der Waals surface area contributed by atoms with Crippen LogP contribution in [-0.4, -0.2) is 21.1 Å². The Bertz CT molecular complexity index is 519. The highest BCUT2D eigenvalue weighted by atomic mass is 16.1. The van der Waals surface area contributed by atoms with Crippen molar-refractivity contribution in [3.05, 3.63) is 30.1 Å². The number of aromatic amines is 1. The largest absolute Gasteiger partial charge is 0.309 e. The molecule has 0 atom stereocenters. The molecule has 2 aromatic rings. The van der Waals surface area contributed by atoms with Crippen LogP contribution in [0.4, 0.5) is 5.82 Å². The van der Waals surface area contributed by atoms with Crippen LogP contribution >= 0.6 is 0 Å². The van der Waals surface area contributed by atoms with Gasteiger partial charge in [0.05, 0.1) is 5.69 Å². The fraction of sp³-hybridized carbons (Fsp3) is 0.250. The molecule has 0 aliphatic rings. The summed E-state index contributed by atoms with van der Waals surface area (Å²) in [6.07, 6.45) is 3.89. The fourth-order valence-electron chi connectivity index (χ4n) is 1.54. The van der Waals surface area contributed by atoms with Crippen LogP contribution in [0.1, 0.15) is 18.9 Å². The zero-order valence-corrected chi connectivity index (χ0v) is 9.82. The SMILES string of the molecule is CCC(=O)Nc1n[nH]c(-c2ccncc2)c1C. The Balaban J connectivity index is 2.30. The number of pyridine rings is 1. The van der Waals surface area contributed by atoms with Crippen LogP contribution in [-0.2, 0) is 4.79 Å². The van der Waals surface area contributed by atoms with Gasteiger partial charge in [0.25, 0.3) is 0 Å². The Morgan fingerprint density at radius 3 is 2.76 bits per heavy atom. The lowest BCUT2D eigenvalue weighted by atomic mass is 10.1. The van der Waals surface area contributed by atoms with Crippen LogP contribution in [0.25, 0.3) is 11.3 Å². The molecule has 0 bridgehead atoms. The maximum Gasteiger partial charge on any atom is 0.225 e. The lowest BCUT2D eigenvalue weighted by molar-refractivity contribution is -0.115. The van der Waals surface area contributed by atoms with Gasteiger partial charge in [-0.3, -0.25) is 14.9 Å². The van der Waals surface area contributed by atoms with Crippen molar-refractivity contribution in [2.45, 2.75) is 20.3 Å². The number of carbonyl (C=O) groups is 1. The molecule has 0 aliphatic heterocycles. The fourth-order valence-corrected chi connectivity index (χ4v) is 1.54. The van der Waals surface area contributed by atoms with Gasteiger partial charge in [-0.2, -0.15) is 5.10 Å². The normalized spacial score (nSPS) is 10.2. The standard InChI is InChI=1S/C12H14N4O/c1-3-10(17)14-12-8(2)11(15-16-12)9-4-6-13-7-5-9/h4-7H,3H2,1-2H3,(H2,14,15,16,17). The highest BCUT2D eigenvalue weighted by Crippen LogP contribution is 2.25. The molecular formula is C12H14N4O. The van der Waals surface area contributed by atoms with Crippen LogP contribution in [0.15, 0.2) is 24.5 Å². The third kappa shape index (κ3) is 2.33. The molecule has 0 saturated heterocycles. The lowest BCUT2D eigenvalue weighted by Gasteiger charge is -2.01. The smallest absolute Gasteiger partial charge is 0.225 e. The van der Waals surface area contributed by atoms with Gasteiger partial charge in [-0.15, -0.1) is 0 Å². The second-order valence-electron chi connectivity index (χ2n) is 3.71. The van der Waals surface area contributed by atoms with Gasteiger partial charge in [-0.25, -0.2) is 0 Å². The van der Waals surface area contributed by atoms with Gasteiger partial charge in [-0.05, 0) is 19.1 Å². The Labute approximate surface area is 99.3 Å². The Morgan fingerprint density at radius 2 is 2.12 bits per heavy atom. The highest BCUT2D eigenvalue weighted by molar-refractivity contribution is 5.91. The summed E-state index contributed by atoms with van der Waals surface area (Å²) in [6, 6.07) is 3.79. The van der Waals surface area contributed by atoms with Crippen LogP contribution in [0.5, 0.6) is 0 Å². The van der Waals surface area contributed by atoms with Gasteiger partial charge in [-0.1, -0.05) is 6.92 Å². The molecule has 88 valence electrons. The molecule has 0 radical (unpaired) electrons. The van der Waals surface area contributed by atoms with Crippen LogP contribution in [0.3, 0.4) is 0 Å². The number of anilines is 1. The third-order valence-corrected chi connectivity index (χ3v) is 2.56. The number of nitrogens with zero attached hydrogens (tertiary/aromatic N) is 2. The van der Waals surface area contributed by atoms with E-state index >= 15 is 0 Å². The van der Waals surface area contributed by atoms with Crippen LogP contribution in [0.2, 0.25) is 0 Å². The number of amides is 1. The highest BCUT2D eigenvalue weighted by Gasteiger charge is 2.11. The number of aromatic nitrogens is 3. The molecule has 0 fully saturated rings. The Hall–Kier alpha value is -2.17. The van der Waals surface area contributed by atoms with E-state index in [0.717, 1.165) is 16.8 Å². The molecule has 0 saturated carbocycles. The average molecular weight is 230 g/mol. The van der Waals surface area contributed by atoms with Gasteiger partial charge in [0.2, 0.25) is 5.91 Å². The topological polar surface area (TPSA) is 70.7 Å². The summed E-state index contributed by atoms with van der Waals surface area (Å²) in [5, 5.41) is 9.78. The van der Waals surface area contributed by atoms with Crippen molar-refractivity contribution in [1.29, 1.82) is 0 Å². The number of nitrogens with one attached hydrogen (secondary N) is 2. The molecular weight excluding hydrogens is 216 g/mol. The van der Waals surface area contributed by atoms with Gasteiger partial charge in [0.1, 0.15) is 0 Å². The van der Waals surface area contributed by atoms with Crippen LogP contribution < -0.4 is 5.32 Å². The summed E-state index contributed by atoms with van der Waals surface area (Å²) >= 11 is 0. The van der Waals surface area contributed by atoms with Crippen molar-refractivity contribution in [3.63, 3.8) is 0 Å². The molecule has 2 N–H and O–H groups in total. The summed E-state index contributed by atoms with van der Waals surface area (Å²) < 4.78 is 0. The minimum Gasteiger partial charge on any atom is -0.309 e. The Kier molecular flexibility index (Phi) is 3.18. The summed E-state index contributed by atoms with van der Waals surface area (Å²) in [5.74, 6) is 0.546. The molecule has 17 heavy (non-hydrogen) atoms. The molecule has 5 heteroatoms. The molecule has 0 unspecified atom stereocenters. The number of hydrogen-bond acceptors (Lipinski definition) is 3. The first-order valence-corrected chi connectivity index (χ1v) is 5.47. The summed E-state index contributed by atoms with van der Waals surface area (Å²) in [6.45, 7) is 3.73. The zero-order valence-electron chi connectivity index (χ0n) is 9.82. The van der Waals surface area contributed by atoms with Crippen molar-refractivity contribution < 1.29 is 4.79 Å². The minimum atomic E-state index is -0.0409. The van der Waals surface area contributed by atoms with Crippen molar-refractivity contribution in [3.8, 4) is 11.3 Å². The summed E-state index contributed by atoms with van der Waals surface area (Å²) in [7, 11) is 0. The second kappa shape index (κ2) is 4.78. The van der Waals surface area contributed by atoms with Gasteiger partial charge in [0, 0.05) is 29.9 Å².